The Kier molecular flexibility index (Phi) is 4.98. The third kappa shape index (κ3) is 4.07. The molecule has 0 saturated heterocycles. The number of nitrogens with zero attached hydrogens (tertiary/aromatic N) is 1. The van der Waals surface area contributed by atoms with Gasteiger partial charge in [0, 0.05) is 11.3 Å². The number of furan rings is 1. The van der Waals surface area contributed by atoms with E-state index in [-0.39, 0.29) is 5.91 Å². The Bertz CT molecular complexity index is 1010. The van der Waals surface area contributed by atoms with Crippen LogP contribution in [0.15, 0.2) is 83.5 Å². The summed E-state index contributed by atoms with van der Waals surface area (Å²) in [5.74, 6) is 0.630. The summed E-state index contributed by atoms with van der Waals surface area (Å²) in [6, 6.07) is 22.8. The molecule has 2 N–H and O–H groups in total. The fraction of sp³-hybridized carbons (Fsp3) is 0.0476. The zero-order valence-electron chi connectivity index (χ0n) is 14.4. The molecule has 0 unspecified atom stereocenters. The van der Waals surface area contributed by atoms with E-state index < -0.39 is 0 Å². The van der Waals surface area contributed by atoms with Crippen LogP contribution in [-0.4, -0.2) is 10.9 Å². The van der Waals surface area contributed by atoms with Gasteiger partial charge >= 0.3 is 0 Å². The molecule has 0 fully saturated rings. The number of rotatable bonds is 6. The predicted molar refractivity (Wildman–Crippen MR) is 108 cm³/mol. The fourth-order valence-corrected chi connectivity index (χ4v) is 3.51. The molecule has 0 aliphatic heterocycles. The van der Waals surface area contributed by atoms with Gasteiger partial charge in [0.1, 0.15) is 10.6 Å². The van der Waals surface area contributed by atoms with Crippen LogP contribution < -0.4 is 10.6 Å². The van der Waals surface area contributed by atoms with Crippen molar-refractivity contribution in [2.24, 2.45) is 0 Å². The molecule has 0 aliphatic carbocycles. The number of hydrogen-bond donors (Lipinski definition) is 2. The molecular formula is C21H17N3O2S. The lowest BCUT2D eigenvalue weighted by Gasteiger charge is -2.05. The van der Waals surface area contributed by atoms with Crippen molar-refractivity contribution < 1.29 is 9.21 Å². The van der Waals surface area contributed by atoms with Crippen molar-refractivity contribution in [1.29, 1.82) is 0 Å². The number of aromatic nitrogens is 1. The second-order valence-corrected chi connectivity index (χ2v) is 6.81. The summed E-state index contributed by atoms with van der Waals surface area (Å²) in [6.07, 6.45) is 1.63. The van der Waals surface area contributed by atoms with Gasteiger partial charge in [-0.3, -0.25) is 4.79 Å². The molecule has 27 heavy (non-hydrogen) atoms. The van der Waals surface area contributed by atoms with Crippen LogP contribution in [-0.2, 0) is 6.54 Å². The molecule has 0 bridgehead atoms. The van der Waals surface area contributed by atoms with Crippen LogP contribution in [0.2, 0.25) is 0 Å². The largest absolute Gasteiger partial charge is 0.467 e. The number of para-hydroxylation sites is 1. The van der Waals surface area contributed by atoms with E-state index in [2.05, 4.69) is 15.6 Å². The normalized spacial score (nSPS) is 10.5. The number of hydrogen-bond acceptors (Lipinski definition) is 5. The average Bonchev–Trinajstić information content (AvgIpc) is 3.38. The number of benzene rings is 2. The highest BCUT2D eigenvalue weighted by atomic mass is 32.1. The Labute approximate surface area is 160 Å². The summed E-state index contributed by atoms with van der Waals surface area (Å²) in [6.45, 7) is 0.508. The van der Waals surface area contributed by atoms with E-state index in [9.17, 15) is 4.79 Å². The summed E-state index contributed by atoms with van der Waals surface area (Å²) in [5, 5.41) is 6.84. The molecule has 0 spiro atoms. The van der Waals surface area contributed by atoms with Crippen LogP contribution in [0.1, 0.15) is 15.4 Å². The second kappa shape index (κ2) is 7.88. The van der Waals surface area contributed by atoms with Crippen LogP contribution >= 0.6 is 11.3 Å². The fourth-order valence-electron chi connectivity index (χ4n) is 2.63. The van der Waals surface area contributed by atoms with Crippen molar-refractivity contribution in [2.45, 2.75) is 6.54 Å². The first-order chi connectivity index (χ1) is 13.3. The maximum Gasteiger partial charge on any atom is 0.268 e. The Morgan fingerprint density at radius 3 is 2.41 bits per heavy atom. The second-order valence-electron chi connectivity index (χ2n) is 5.82. The molecule has 4 rings (SSSR count). The van der Waals surface area contributed by atoms with Gasteiger partial charge in [-0.25, -0.2) is 4.98 Å². The van der Waals surface area contributed by atoms with Gasteiger partial charge < -0.3 is 15.1 Å². The highest BCUT2D eigenvalue weighted by Gasteiger charge is 2.19. The van der Waals surface area contributed by atoms with E-state index in [0.717, 1.165) is 17.0 Å². The average molecular weight is 375 g/mol. The van der Waals surface area contributed by atoms with Gasteiger partial charge in [-0.15, -0.1) is 0 Å². The summed E-state index contributed by atoms with van der Waals surface area (Å²) in [5.41, 5.74) is 2.31. The van der Waals surface area contributed by atoms with Gasteiger partial charge in [0.25, 0.3) is 5.91 Å². The smallest absolute Gasteiger partial charge is 0.268 e. The summed E-state index contributed by atoms with van der Waals surface area (Å²) >= 11 is 1.33. The number of anilines is 2. The number of amides is 1. The van der Waals surface area contributed by atoms with E-state index in [0.29, 0.717) is 22.2 Å². The number of nitrogens with one attached hydrogen (secondary N) is 2. The molecule has 0 radical (unpaired) electrons. The molecule has 2 aromatic heterocycles. The molecule has 134 valence electrons. The highest BCUT2D eigenvalue weighted by molar-refractivity contribution is 7.18. The van der Waals surface area contributed by atoms with Gasteiger partial charge in [-0.05, 0) is 24.3 Å². The maximum atomic E-state index is 12.9. The van der Waals surface area contributed by atoms with Gasteiger partial charge in [0.15, 0.2) is 5.13 Å². The van der Waals surface area contributed by atoms with Gasteiger partial charge in [-0.1, -0.05) is 59.9 Å². The van der Waals surface area contributed by atoms with E-state index in [1.54, 1.807) is 6.26 Å². The predicted octanol–water partition coefficient (Wildman–Crippen LogP) is 5.27. The van der Waals surface area contributed by atoms with Crippen LogP contribution in [0.4, 0.5) is 10.8 Å². The van der Waals surface area contributed by atoms with Crippen LogP contribution in [0.3, 0.4) is 0 Å². The molecule has 6 heteroatoms. The van der Waals surface area contributed by atoms with Gasteiger partial charge in [0.2, 0.25) is 0 Å². The summed E-state index contributed by atoms with van der Waals surface area (Å²) in [4.78, 5) is 18.1. The first-order valence-electron chi connectivity index (χ1n) is 8.48. The van der Waals surface area contributed by atoms with Crippen LogP contribution in [0.5, 0.6) is 0 Å². The topological polar surface area (TPSA) is 67.2 Å². The highest BCUT2D eigenvalue weighted by Crippen LogP contribution is 2.32. The number of carbonyl (C=O) groups is 1. The molecule has 1 amide bonds. The summed E-state index contributed by atoms with van der Waals surface area (Å²) < 4.78 is 5.34. The first-order valence-corrected chi connectivity index (χ1v) is 9.30. The van der Waals surface area contributed by atoms with E-state index in [1.165, 1.54) is 11.3 Å². The van der Waals surface area contributed by atoms with Crippen molar-refractivity contribution in [3.05, 3.63) is 89.7 Å². The lowest BCUT2D eigenvalue weighted by atomic mass is 10.1. The standard InChI is InChI=1S/C21H17N3O2S/c25-20(23-16-10-5-2-6-11-16)19-18(15-8-3-1-4-9-15)24-21(27-19)22-14-17-12-7-13-26-17/h1-13H,14H2,(H,22,24)(H,23,25). The van der Waals surface area contributed by atoms with Gasteiger partial charge in [-0.2, -0.15) is 0 Å². The third-order valence-corrected chi connectivity index (χ3v) is 4.92. The van der Waals surface area contributed by atoms with Crippen molar-refractivity contribution in [3.63, 3.8) is 0 Å². The van der Waals surface area contributed by atoms with E-state index in [4.69, 9.17) is 4.42 Å². The Balaban J connectivity index is 1.62. The SMILES string of the molecule is O=C(Nc1ccccc1)c1sc(NCc2ccco2)nc1-c1ccccc1. The monoisotopic (exact) mass is 375 g/mol. The molecule has 0 aliphatic rings. The van der Waals surface area contributed by atoms with Crippen molar-refractivity contribution in [1.82, 2.24) is 4.98 Å². The molecule has 5 nitrogen and oxygen atoms in total. The molecule has 4 aromatic rings. The maximum absolute atomic E-state index is 12.9. The lowest BCUT2D eigenvalue weighted by molar-refractivity contribution is 0.103. The minimum atomic E-state index is -0.177. The molecule has 0 saturated carbocycles. The Morgan fingerprint density at radius 2 is 1.70 bits per heavy atom. The minimum Gasteiger partial charge on any atom is -0.467 e. The third-order valence-electron chi connectivity index (χ3n) is 3.91. The van der Waals surface area contributed by atoms with Crippen molar-refractivity contribution in [3.8, 4) is 11.3 Å². The lowest BCUT2D eigenvalue weighted by Crippen LogP contribution is -2.11. The van der Waals surface area contributed by atoms with Crippen molar-refractivity contribution >= 4 is 28.1 Å². The van der Waals surface area contributed by atoms with Gasteiger partial charge in [0.05, 0.1) is 18.5 Å². The summed E-state index contributed by atoms with van der Waals surface area (Å²) in [7, 11) is 0. The minimum absolute atomic E-state index is 0.177. The van der Waals surface area contributed by atoms with Crippen molar-refractivity contribution in [2.75, 3.05) is 10.6 Å². The molecule has 0 atom stereocenters. The molecule has 2 heterocycles. The van der Waals surface area contributed by atoms with E-state index in [1.807, 2.05) is 72.8 Å². The molecule has 2 aromatic carbocycles. The zero-order chi connectivity index (χ0) is 18.5. The number of carbonyl (C=O) groups excluding carboxylic acids is 1. The quantitative estimate of drug-likeness (QED) is 0.482. The Hall–Kier alpha value is -3.38. The van der Waals surface area contributed by atoms with Crippen LogP contribution in [0.25, 0.3) is 11.3 Å². The van der Waals surface area contributed by atoms with E-state index >= 15 is 0 Å². The van der Waals surface area contributed by atoms with Crippen LogP contribution in [0, 0.1) is 0 Å². The number of thiazole rings is 1. The first kappa shape index (κ1) is 17.1. The zero-order valence-corrected chi connectivity index (χ0v) is 15.2. The Morgan fingerprint density at radius 1 is 0.963 bits per heavy atom. The molecular weight excluding hydrogens is 358 g/mol.